The molecule has 4 heteroatoms. The molecule has 0 aromatic heterocycles. The van der Waals surface area contributed by atoms with E-state index in [0.29, 0.717) is 0 Å². The van der Waals surface area contributed by atoms with Crippen LogP contribution in [0.5, 0.6) is 0 Å². The van der Waals surface area contributed by atoms with Gasteiger partial charge in [-0.1, -0.05) is 79.0 Å². The number of nitrogens with one attached hydrogen (secondary N) is 1. The quantitative estimate of drug-likeness (QED) is 0.268. The van der Waals surface area contributed by atoms with Gasteiger partial charge in [-0.15, -0.1) is 0 Å². The van der Waals surface area contributed by atoms with Crippen LogP contribution in [0.2, 0.25) is 0 Å². The van der Waals surface area contributed by atoms with Crippen molar-refractivity contribution in [2.75, 3.05) is 30.4 Å². The average Bonchev–Trinajstić information content (AvgIpc) is 2.85. The maximum Gasteiger partial charge on any atom is 0.0488 e. The molecule has 0 bridgehead atoms. The molecule has 0 amide bonds. The van der Waals surface area contributed by atoms with E-state index in [1.807, 2.05) is 12.1 Å². The zero-order valence-corrected chi connectivity index (χ0v) is 19.8. The Labute approximate surface area is 201 Å². The predicted octanol–water partition coefficient (Wildman–Crippen LogP) is 7.05. The number of aliphatic hydroxyl groups is 1. The number of hydrogen-bond acceptors (Lipinski definition) is 4. The highest BCUT2D eigenvalue weighted by atomic mass is 32.2. The summed E-state index contributed by atoms with van der Waals surface area (Å²) in [6.45, 7) is 5.44. The summed E-state index contributed by atoms with van der Waals surface area (Å²) >= 11 is 1.67. The van der Waals surface area contributed by atoms with Crippen LogP contribution in [0.25, 0.3) is 11.3 Å². The van der Waals surface area contributed by atoms with Gasteiger partial charge in [-0.2, -0.15) is 0 Å². The zero-order valence-electron chi connectivity index (χ0n) is 19.0. The predicted molar refractivity (Wildman–Crippen MR) is 143 cm³/mol. The first-order valence-electron chi connectivity index (χ1n) is 11.3. The molecule has 168 valence electrons. The lowest BCUT2D eigenvalue weighted by molar-refractivity contribution is 0.286. The standard InChI is InChI=1S/C29H30N2OS/c1-22(33-29-17-9-7-15-26(29)30-18-10-11-19-32)20-24-21-28(23-12-4-3-5-13-23)31(2)27-16-8-6-14-25(24)27/h3-9,12-17,20-21,30,32H,1,10-11,18-19H2,2H3/b24-20+. The molecular formula is C29H30N2OS. The van der Waals surface area contributed by atoms with Crippen LogP contribution < -0.4 is 10.2 Å². The van der Waals surface area contributed by atoms with Crippen molar-refractivity contribution in [2.45, 2.75) is 17.7 Å². The molecule has 3 nitrogen and oxygen atoms in total. The summed E-state index contributed by atoms with van der Waals surface area (Å²) in [6.07, 6.45) is 6.19. The molecule has 2 N–H and O–H groups in total. The van der Waals surface area contributed by atoms with Gasteiger partial charge in [0.25, 0.3) is 0 Å². The van der Waals surface area contributed by atoms with Crippen LogP contribution in [0.3, 0.4) is 0 Å². The Bertz CT molecular complexity index is 1170. The zero-order chi connectivity index (χ0) is 23.0. The van der Waals surface area contributed by atoms with Crippen LogP contribution in [-0.4, -0.2) is 25.3 Å². The molecule has 3 aromatic carbocycles. The fourth-order valence-electron chi connectivity index (χ4n) is 3.97. The second-order valence-corrected chi connectivity index (χ2v) is 9.16. The SMILES string of the molecule is C=C(/C=C1\C=C(c2ccccc2)N(C)c2ccccc21)Sc1ccccc1NCCCCO. The van der Waals surface area contributed by atoms with Crippen molar-refractivity contribution in [1.82, 2.24) is 0 Å². The molecule has 0 fully saturated rings. The topological polar surface area (TPSA) is 35.5 Å². The highest BCUT2D eigenvalue weighted by molar-refractivity contribution is 8.03. The number of unbranched alkanes of at least 4 members (excludes halogenated alkanes) is 1. The second kappa shape index (κ2) is 11.1. The highest BCUT2D eigenvalue weighted by Crippen LogP contribution is 2.41. The van der Waals surface area contributed by atoms with Gasteiger partial charge in [0.05, 0.1) is 0 Å². The molecule has 0 saturated heterocycles. The molecular weight excluding hydrogens is 424 g/mol. The van der Waals surface area contributed by atoms with Gasteiger partial charge in [0.2, 0.25) is 0 Å². The first-order chi connectivity index (χ1) is 16.2. The molecule has 0 spiro atoms. The highest BCUT2D eigenvalue weighted by Gasteiger charge is 2.20. The Morgan fingerprint density at radius 3 is 2.52 bits per heavy atom. The number of hydrogen-bond donors (Lipinski definition) is 2. The van der Waals surface area contributed by atoms with E-state index in [1.165, 1.54) is 22.5 Å². The number of thioether (sulfide) groups is 1. The van der Waals surface area contributed by atoms with Crippen molar-refractivity contribution in [3.8, 4) is 0 Å². The van der Waals surface area contributed by atoms with E-state index in [9.17, 15) is 0 Å². The van der Waals surface area contributed by atoms with Crippen molar-refractivity contribution in [3.05, 3.63) is 114 Å². The van der Waals surface area contributed by atoms with Gasteiger partial charge in [0.15, 0.2) is 0 Å². The van der Waals surface area contributed by atoms with Crippen LogP contribution >= 0.6 is 11.8 Å². The molecule has 0 atom stereocenters. The third-order valence-corrected chi connectivity index (χ3v) is 6.60. The van der Waals surface area contributed by atoms with Crippen molar-refractivity contribution < 1.29 is 5.11 Å². The number of fused-ring (bicyclic) bond motifs is 1. The largest absolute Gasteiger partial charge is 0.396 e. The van der Waals surface area contributed by atoms with Crippen LogP contribution in [0.15, 0.2) is 107 Å². The lowest BCUT2D eigenvalue weighted by Crippen LogP contribution is -2.20. The first kappa shape index (κ1) is 23.0. The van der Waals surface area contributed by atoms with Gasteiger partial charge in [-0.05, 0) is 54.3 Å². The molecule has 33 heavy (non-hydrogen) atoms. The maximum atomic E-state index is 9.01. The van der Waals surface area contributed by atoms with Crippen molar-refractivity contribution in [3.63, 3.8) is 0 Å². The number of aliphatic hydroxyl groups excluding tert-OH is 1. The van der Waals surface area contributed by atoms with Crippen LogP contribution in [0, 0.1) is 0 Å². The van der Waals surface area contributed by atoms with Gasteiger partial charge < -0.3 is 15.3 Å². The van der Waals surface area contributed by atoms with Gasteiger partial charge >= 0.3 is 0 Å². The van der Waals surface area contributed by atoms with Crippen LogP contribution in [0.4, 0.5) is 11.4 Å². The van der Waals surface area contributed by atoms with E-state index >= 15 is 0 Å². The molecule has 1 heterocycles. The molecule has 0 unspecified atom stereocenters. The Hall–Kier alpha value is -3.21. The number of nitrogens with zero attached hydrogens (tertiary/aromatic N) is 1. The van der Waals surface area contributed by atoms with Gasteiger partial charge in [-0.25, -0.2) is 0 Å². The monoisotopic (exact) mass is 454 g/mol. The normalized spacial score (nSPS) is 14.1. The molecule has 1 aliphatic rings. The first-order valence-corrected chi connectivity index (χ1v) is 12.1. The van der Waals surface area contributed by atoms with Crippen molar-refractivity contribution >= 4 is 34.4 Å². The summed E-state index contributed by atoms with van der Waals surface area (Å²) in [4.78, 5) is 4.39. The summed E-state index contributed by atoms with van der Waals surface area (Å²) in [5.74, 6) is 0. The maximum absolute atomic E-state index is 9.01. The summed E-state index contributed by atoms with van der Waals surface area (Å²) < 4.78 is 0. The number of anilines is 2. The van der Waals surface area contributed by atoms with E-state index in [2.05, 4.69) is 103 Å². The Kier molecular flexibility index (Phi) is 7.71. The minimum atomic E-state index is 0.234. The van der Waals surface area contributed by atoms with Crippen molar-refractivity contribution in [1.29, 1.82) is 0 Å². The number of benzene rings is 3. The van der Waals surface area contributed by atoms with Crippen LogP contribution in [0.1, 0.15) is 24.0 Å². The molecule has 0 saturated carbocycles. The molecule has 4 rings (SSSR count). The van der Waals surface area contributed by atoms with Gasteiger partial charge in [0, 0.05) is 52.6 Å². The molecule has 3 aromatic rings. The summed E-state index contributed by atoms with van der Waals surface area (Å²) in [5, 5.41) is 12.5. The number of para-hydroxylation sites is 2. The Balaban J connectivity index is 1.61. The van der Waals surface area contributed by atoms with Crippen molar-refractivity contribution in [2.24, 2.45) is 0 Å². The third-order valence-electron chi connectivity index (χ3n) is 5.64. The van der Waals surface area contributed by atoms with Crippen LogP contribution in [-0.2, 0) is 0 Å². The Morgan fingerprint density at radius 1 is 0.970 bits per heavy atom. The van der Waals surface area contributed by atoms with E-state index in [1.54, 1.807) is 11.8 Å². The van der Waals surface area contributed by atoms with Gasteiger partial charge in [-0.3, -0.25) is 0 Å². The number of rotatable bonds is 9. The average molecular weight is 455 g/mol. The van der Waals surface area contributed by atoms with E-state index in [-0.39, 0.29) is 6.61 Å². The fraction of sp³-hybridized carbons (Fsp3) is 0.172. The van der Waals surface area contributed by atoms with E-state index < -0.39 is 0 Å². The number of allylic oxidation sites excluding steroid dienone is 3. The minimum absolute atomic E-state index is 0.234. The fourth-order valence-corrected chi connectivity index (χ4v) is 4.84. The van der Waals surface area contributed by atoms with Gasteiger partial charge in [0.1, 0.15) is 0 Å². The molecule has 0 aliphatic carbocycles. The lowest BCUT2D eigenvalue weighted by Gasteiger charge is -2.30. The summed E-state index contributed by atoms with van der Waals surface area (Å²) in [7, 11) is 2.12. The minimum Gasteiger partial charge on any atom is -0.396 e. The van der Waals surface area contributed by atoms with E-state index in [0.717, 1.165) is 40.4 Å². The summed E-state index contributed by atoms with van der Waals surface area (Å²) in [5.41, 5.74) is 7.02. The molecule has 0 radical (unpaired) electrons. The lowest BCUT2D eigenvalue weighted by atomic mass is 9.95. The summed E-state index contributed by atoms with van der Waals surface area (Å²) in [6, 6.07) is 27.3. The van der Waals surface area contributed by atoms with E-state index in [4.69, 9.17) is 5.11 Å². The molecule has 1 aliphatic heterocycles. The Morgan fingerprint density at radius 2 is 1.70 bits per heavy atom. The smallest absolute Gasteiger partial charge is 0.0488 e. The third kappa shape index (κ3) is 5.59. The second-order valence-electron chi connectivity index (χ2n) is 7.99.